The molecule has 1 aromatic carbocycles. The van der Waals surface area contributed by atoms with Crippen LogP contribution < -0.4 is 11.1 Å². The van der Waals surface area contributed by atoms with Crippen molar-refractivity contribution in [2.75, 3.05) is 11.9 Å². The Hall–Kier alpha value is -2.78. The zero-order chi connectivity index (χ0) is 14.4. The maximum Gasteiger partial charge on any atom is 0.261 e. The van der Waals surface area contributed by atoms with E-state index in [1.807, 2.05) is 0 Å². The van der Waals surface area contributed by atoms with E-state index in [9.17, 15) is 9.18 Å². The summed E-state index contributed by atoms with van der Waals surface area (Å²) >= 11 is 0. The number of nitrogens with one attached hydrogen (secondary N) is 1. The van der Waals surface area contributed by atoms with E-state index in [0.717, 1.165) is 0 Å². The number of aromatic nitrogens is 2. The number of carbonyl (C=O) groups excluding carboxylic acids is 1. The molecular weight excluding hydrogens is 259 g/mol. The van der Waals surface area contributed by atoms with Crippen molar-refractivity contribution in [3.63, 3.8) is 0 Å². The molecule has 3 N–H and O–H groups in total. The summed E-state index contributed by atoms with van der Waals surface area (Å²) in [5.74, 6) is 4.21. The Balaban J connectivity index is 2.25. The quantitative estimate of drug-likeness (QED) is 0.803. The first kappa shape index (κ1) is 13.6. The van der Waals surface area contributed by atoms with Crippen LogP contribution in [0.1, 0.15) is 15.9 Å². The second-order valence-electron chi connectivity index (χ2n) is 3.73. The number of benzene rings is 1. The third-order valence-electron chi connectivity index (χ3n) is 2.34. The molecule has 5 nitrogen and oxygen atoms in total. The van der Waals surface area contributed by atoms with E-state index in [-0.39, 0.29) is 18.1 Å². The molecule has 0 aliphatic carbocycles. The summed E-state index contributed by atoms with van der Waals surface area (Å²) in [5, 5.41) is 2.41. The molecule has 1 aromatic heterocycles. The van der Waals surface area contributed by atoms with Crippen LogP contribution >= 0.6 is 0 Å². The van der Waals surface area contributed by atoms with Crippen molar-refractivity contribution in [2.45, 2.75) is 0 Å². The van der Waals surface area contributed by atoms with Crippen molar-refractivity contribution in [2.24, 2.45) is 5.73 Å². The molecule has 0 aliphatic heterocycles. The number of hydrogen-bond donors (Lipinski definition) is 2. The molecule has 0 saturated heterocycles. The van der Waals surface area contributed by atoms with Gasteiger partial charge in [0.1, 0.15) is 5.82 Å². The Morgan fingerprint density at radius 2 is 2.10 bits per heavy atom. The normalized spacial score (nSPS) is 9.50. The molecule has 0 aliphatic rings. The first-order valence-electron chi connectivity index (χ1n) is 5.77. The highest BCUT2D eigenvalue weighted by atomic mass is 19.1. The van der Waals surface area contributed by atoms with E-state index in [4.69, 9.17) is 5.73 Å². The van der Waals surface area contributed by atoms with Gasteiger partial charge in [-0.15, -0.1) is 0 Å². The lowest BCUT2D eigenvalue weighted by atomic mass is 10.1. The summed E-state index contributed by atoms with van der Waals surface area (Å²) in [6.45, 7) is 0.191. The molecule has 0 radical (unpaired) electrons. The summed E-state index contributed by atoms with van der Waals surface area (Å²) < 4.78 is 13.7. The molecule has 0 fully saturated rings. The summed E-state index contributed by atoms with van der Waals surface area (Å²) in [5.41, 5.74) is 5.65. The summed E-state index contributed by atoms with van der Waals surface area (Å²) in [4.78, 5) is 19.6. The summed E-state index contributed by atoms with van der Waals surface area (Å²) in [6.07, 6.45) is 2.95. The Bertz CT molecular complexity index is 677. The van der Waals surface area contributed by atoms with Gasteiger partial charge in [-0.25, -0.2) is 14.4 Å². The predicted octanol–water partition coefficient (Wildman–Crippen LogP) is 1.18. The lowest BCUT2D eigenvalue weighted by Crippen LogP contribution is -2.15. The molecule has 1 heterocycles. The van der Waals surface area contributed by atoms with E-state index < -0.39 is 11.7 Å². The average molecular weight is 270 g/mol. The molecule has 100 valence electrons. The van der Waals surface area contributed by atoms with E-state index in [2.05, 4.69) is 27.1 Å². The lowest BCUT2D eigenvalue weighted by molar-refractivity contribution is 0.102. The average Bonchev–Trinajstić information content (AvgIpc) is 2.47. The molecule has 0 spiro atoms. The van der Waals surface area contributed by atoms with Gasteiger partial charge in [0, 0.05) is 18.0 Å². The Morgan fingerprint density at radius 3 is 2.80 bits per heavy atom. The monoisotopic (exact) mass is 270 g/mol. The van der Waals surface area contributed by atoms with Crippen molar-refractivity contribution in [1.82, 2.24) is 9.97 Å². The molecular formula is C14H11FN4O. The lowest BCUT2D eigenvalue weighted by Gasteiger charge is -2.04. The van der Waals surface area contributed by atoms with Crippen LogP contribution in [0.25, 0.3) is 0 Å². The van der Waals surface area contributed by atoms with Gasteiger partial charge in [-0.3, -0.25) is 10.1 Å². The number of anilines is 1. The summed E-state index contributed by atoms with van der Waals surface area (Å²) in [7, 11) is 0. The molecule has 20 heavy (non-hydrogen) atoms. The minimum absolute atomic E-state index is 0.107. The highest BCUT2D eigenvalue weighted by Crippen LogP contribution is 2.11. The molecule has 6 heteroatoms. The van der Waals surface area contributed by atoms with Gasteiger partial charge in [-0.05, 0) is 24.3 Å². The third kappa shape index (κ3) is 3.37. The second kappa shape index (κ2) is 6.41. The first-order valence-corrected chi connectivity index (χ1v) is 5.77. The maximum atomic E-state index is 13.7. The second-order valence-corrected chi connectivity index (χ2v) is 3.73. The fourth-order valence-corrected chi connectivity index (χ4v) is 1.46. The van der Waals surface area contributed by atoms with E-state index in [1.165, 1.54) is 30.6 Å². The fraction of sp³-hybridized carbons (Fsp3) is 0.0714. The molecule has 2 aromatic rings. The van der Waals surface area contributed by atoms with E-state index in [0.29, 0.717) is 5.56 Å². The number of rotatable bonds is 2. The fourth-order valence-electron chi connectivity index (χ4n) is 1.46. The van der Waals surface area contributed by atoms with Gasteiger partial charge in [0.25, 0.3) is 5.91 Å². The van der Waals surface area contributed by atoms with Crippen LogP contribution in [0.2, 0.25) is 0 Å². The van der Waals surface area contributed by atoms with Crippen LogP contribution in [0.4, 0.5) is 10.3 Å². The number of carbonyl (C=O) groups is 1. The van der Waals surface area contributed by atoms with Gasteiger partial charge in [-0.1, -0.05) is 11.8 Å². The topological polar surface area (TPSA) is 80.9 Å². The predicted molar refractivity (Wildman–Crippen MR) is 72.3 cm³/mol. The molecule has 0 saturated carbocycles. The molecule has 0 bridgehead atoms. The van der Waals surface area contributed by atoms with Crippen molar-refractivity contribution in [3.05, 3.63) is 53.6 Å². The number of halogens is 1. The van der Waals surface area contributed by atoms with Crippen LogP contribution in [-0.2, 0) is 0 Å². The van der Waals surface area contributed by atoms with Crippen LogP contribution in [-0.4, -0.2) is 22.4 Å². The number of nitrogens with zero attached hydrogens (tertiary/aromatic N) is 2. The van der Waals surface area contributed by atoms with Gasteiger partial charge < -0.3 is 5.73 Å². The van der Waals surface area contributed by atoms with Crippen LogP contribution in [0, 0.1) is 17.7 Å². The van der Waals surface area contributed by atoms with Crippen LogP contribution in [0.3, 0.4) is 0 Å². The zero-order valence-corrected chi connectivity index (χ0v) is 10.4. The number of nitrogens with two attached hydrogens (primary N) is 1. The van der Waals surface area contributed by atoms with E-state index >= 15 is 0 Å². The Morgan fingerprint density at radius 1 is 1.35 bits per heavy atom. The zero-order valence-electron chi connectivity index (χ0n) is 10.4. The van der Waals surface area contributed by atoms with Gasteiger partial charge in [-0.2, -0.15) is 0 Å². The van der Waals surface area contributed by atoms with Crippen LogP contribution in [0.5, 0.6) is 0 Å². The van der Waals surface area contributed by atoms with Crippen molar-refractivity contribution in [1.29, 1.82) is 0 Å². The van der Waals surface area contributed by atoms with Gasteiger partial charge in [0.15, 0.2) is 0 Å². The number of hydrogen-bond acceptors (Lipinski definition) is 4. The minimum atomic E-state index is -0.642. The Kier molecular flexibility index (Phi) is 4.37. The minimum Gasteiger partial charge on any atom is -0.320 e. The number of amides is 1. The van der Waals surface area contributed by atoms with Crippen molar-refractivity contribution in [3.8, 4) is 11.8 Å². The highest BCUT2D eigenvalue weighted by molar-refractivity contribution is 6.03. The highest BCUT2D eigenvalue weighted by Gasteiger charge is 2.13. The molecule has 1 amide bonds. The van der Waals surface area contributed by atoms with Crippen molar-refractivity contribution >= 4 is 11.9 Å². The standard InChI is InChI=1S/C14H11FN4O/c15-12-5-4-10(3-1-6-16)9-11(12)13(20)19-14-17-7-2-8-18-14/h2,4-5,7-9H,6,16H2,(H,17,18,19,20). The molecule has 2 rings (SSSR count). The molecule has 0 unspecified atom stereocenters. The first-order chi connectivity index (χ1) is 9.70. The van der Waals surface area contributed by atoms with Crippen molar-refractivity contribution < 1.29 is 9.18 Å². The third-order valence-corrected chi connectivity index (χ3v) is 2.34. The maximum absolute atomic E-state index is 13.7. The van der Waals surface area contributed by atoms with Gasteiger partial charge in [0.05, 0.1) is 12.1 Å². The van der Waals surface area contributed by atoms with E-state index in [1.54, 1.807) is 6.07 Å². The Labute approximate surface area is 115 Å². The van der Waals surface area contributed by atoms with Gasteiger partial charge in [0.2, 0.25) is 5.95 Å². The smallest absolute Gasteiger partial charge is 0.261 e. The van der Waals surface area contributed by atoms with Gasteiger partial charge >= 0.3 is 0 Å². The largest absolute Gasteiger partial charge is 0.320 e. The van der Waals surface area contributed by atoms with Crippen LogP contribution in [0.15, 0.2) is 36.7 Å². The summed E-state index contributed by atoms with van der Waals surface area (Å²) in [6, 6.07) is 5.63. The SMILES string of the molecule is NCC#Cc1ccc(F)c(C(=O)Nc2ncccn2)c1. The molecule has 0 atom stereocenters.